The molecule has 1 unspecified atom stereocenters. The summed E-state index contributed by atoms with van der Waals surface area (Å²) in [6.45, 7) is 4.34. The van der Waals surface area contributed by atoms with Gasteiger partial charge in [0.05, 0.1) is 24.3 Å². The lowest BCUT2D eigenvalue weighted by Gasteiger charge is -2.28. The number of nitrogens with one attached hydrogen (secondary N) is 1. The molecule has 0 spiro atoms. The summed E-state index contributed by atoms with van der Waals surface area (Å²) in [6, 6.07) is 6.53. The lowest BCUT2D eigenvalue weighted by Crippen LogP contribution is -2.35. The summed E-state index contributed by atoms with van der Waals surface area (Å²) in [5, 5.41) is 13.3. The maximum absolute atomic E-state index is 12.5. The number of fused-ring (bicyclic) bond motifs is 1. The Morgan fingerprint density at radius 2 is 2.21 bits per heavy atom. The summed E-state index contributed by atoms with van der Waals surface area (Å²) in [5.41, 5.74) is 4.27. The molecule has 1 aliphatic rings. The van der Waals surface area contributed by atoms with Gasteiger partial charge in [0.15, 0.2) is 6.10 Å². The first-order chi connectivity index (χ1) is 11.5. The fourth-order valence-corrected chi connectivity index (χ4v) is 3.34. The monoisotopic (exact) mass is 327 g/mol. The number of benzene rings is 1. The molecule has 5 nitrogen and oxygen atoms in total. The van der Waals surface area contributed by atoms with E-state index in [1.54, 1.807) is 17.9 Å². The second-order valence-electron chi connectivity index (χ2n) is 6.90. The third kappa shape index (κ3) is 3.22. The van der Waals surface area contributed by atoms with Crippen LogP contribution in [0.5, 0.6) is 0 Å². The summed E-state index contributed by atoms with van der Waals surface area (Å²) in [7, 11) is 1.77. The van der Waals surface area contributed by atoms with Gasteiger partial charge in [-0.25, -0.2) is 4.98 Å². The summed E-state index contributed by atoms with van der Waals surface area (Å²) < 4.78 is 1.66. The summed E-state index contributed by atoms with van der Waals surface area (Å²) in [5.74, 6) is 0.0833. The highest BCUT2D eigenvalue weighted by Gasteiger charge is 2.27. The Kier molecular flexibility index (Phi) is 4.71. The zero-order chi connectivity index (χ0) is 17.3. The molecule has 1 aromatic heterocycles. The van der Waals surface area contributed by atoms with Crippen molar-refractivity contribution in [1.82, 2.24) is 14.9 Å². The smallest absolute Gasteiger partial charge is 0.255 e. The minimum atomic E-state index is -1.20. The Bertz CT molecular complexity index is 736. The Morgan fingerprint density at radius 1 is 1.42 bits per heavy atom. The van der Waals surface area contributed by atoms with Crippen molar-refractivity contribution in [3.8, 4) is 0 Å². The SMILES string of the molecule is CC(C)c1ccc2c(c1)[C@H](NC(=O)C(O)c1cncn1C)CCC2. The molecule has 0 saturated carbocycles. The van der Waals surface area contributed by atoms with E-state index in [0.29, 0.717) is 11.6 Å². The minimum Gasteiger partial charge on any atom is -0.377 e. The highest BCUT2D eigenvalue weighted by atomic mass is 16.3. The molecule has 24 heavy (non-hydrogen) atoms. The molecule has 128 valence electrons. The van der Waals surface area contributed by atoms with E-state index in [2.05, 4.69) is 42.3 Å². The van der Waals surface area contributed by atoms with Gasteiger partial charge in [0, 0.05) is 7.05 Å². The van der Waals surface area contributed by atoms with Gasteiger partial charge in [-0.3, -0.25) is 4.79 Å². The van der Waals surface area contributed by atoms with Crippen molar-refractivity contribution in [1.29, 1.82) is 0 Å². The number of hydrogen-bond donors (Lipinski definition) is 2. The van der Waals surface area contributed by atoms with Crippen molar-refractivity contribution in [2.45, 2.75) is 51.2 Å². The normalized spacial score (nSPS) is 18.3. The molecule has 1 aliphatic carbocycles. The van der Waals surface area contributed by atoms with Crippen LogP contribution in [0.25, 0.3) is 0 Å². The van der Waals surface area contributed by atoms with Gasteiger partial charge < -0.3 is 15.0 Å². The van der Waals surface area contributed by atoms with Crippen molar-refractivity contribution < 1.29 is 9.90 Å². The van der Waals surface area contributed by atoms with Crippen LogP contribution in [0.1, 0.15) is 67.1 Å². The van der Waals surface area contributed by atoms with Gasteiger partial charge in [-0.1, -0.05) is 32.0 Å². The molecule has 0 saturated heterocycles. The molecule has 3 rings (SSSR count). The maximum atomic E-state index is 12.5. The number of aliphatic hydroxyl groups is 1. The number of hydrogen-bond acceptors (Lipinski definition) is 3. The molecule has 0 aliphatic heterocycles. The van der Waals surface area contributed by atoms with E-state index in [0.717, 1.165) is 19.3 Å². The maximum Gasteiger partial charge on any atom is 0.255 e. The van der Waals surface area contributed by atoms with E-state index < -0.39 is 6.10 Å². The number of rotatable bonds is 4. The second kappa shape index (κ2) is 6.77. The quantitative estimate of drug-likeness (QED) is 0.907. The van der Waals surface area contributed by atoms with Crippen molar-refractivity contribution in [3.05, 3.63) is 53.1 Å². The number of amides is 1. The highest BCUT2D eigenvalue weighted by Crippen LogP contribution is 2.32. The number of carbonyl (C=O) groups excluding carboxylic acids is 1. The van der Waals surface area contributed by atoms with Gasteiger partial charge in [0.25, 0.3) is 5.91 Å². The van der Waals surface area contributed by atoms with E-state index >= 15 is 0 Å². The van der Waals surface area contributed by atoms with E-state index in [-0.39, 0.29) is 11.9 Å². The minimum absolute atomic E-state index is 0.0390. The lowest BCUT2D eigenvalue weighted by atomic mass is 9.85. The van der Waals surface area contributed by atoms with Crippen LogP contribution in [-0.2, 0) is 18.3 Å². The Hall–Kier alpha value is -2.14. The van der Waals surface area contributed by atoms with E-state index in [9.17, 15) is 9.90 Å². The molecule has 2 N–H and O–H groups in total. The zero-order valence-corrected chi connectivity index (χ0v) is 14.5. The highest BCUT2D eigenvalue weighted by molar-refractivity contribution is 5.82. The average Bonchev–Trinajstić information content (AvgIpc) is 3.00. The molecule has 2 aromatic rings. The van der Waals surface area contributed by atoms with Gasteiger partial charge >= 0.3 is 0 Å². The Morgan fingerprint density at radius 3 is 2.88 bits per heavy atom. The number of nitrogens with zero attached hydrogens (tertiary/aromatic N) is 2. The molecule has 0 radical (unpaired) electrons. The van der Waals surface area contributed by atoms with E-state index in [1.807, 2.05) is 0 Å². The van der Waals surface area contributed by atoms with Crippen LogP contribution in [0, 0.1) is 0 Å². The molecular formula is C19H25N3O2. The Labute approximate surface area is 142 Å². The number of aryl methyl sites for hydroxylation is 2. The molecule has 0 fully saturated rings. The van der Waals surface area contributed by atoms with Gasteiger partial charge in [-0.15, -0.1) is 0 Å². The van der Waals surface area contributed by atoms with Gasteiger partial charge in [-0.2, -0.15) is 0 Å². The predicted octanol–water partition coefficient (Wildman–Crippen LogP) is 2.77. The van der Waals surface area contributed by atoms with Crippen LogP contribution in [0.4, 0.5) is 0 Å². The number of aromatic nitrogens is 2. The van der Waals surface area contributed by atoms with Crippen molar-refractivity contribution >= 4 is 5.91 Å². The lowest BCUT2D eigenvalue weighted by molar-refractivity contribution is -0.130. The third-order valence-electron chi connectivity index (χ3n) is 4.85. The molecule has 1 aromatic carbocycles. The first-order valence-corrected chi connectivity index (χ1v) is 8.54. The fourth-order valence-electron chi connectivity index (χ4n) is 3.34. The standard InChI is InChI=1S/C19H25N3O2/c1-12(2)14-8-7-13-5-4-6-16(15(13)9-14)21-19(24)18(23)17-10-20-11-22(17)3/h7-12,16,18,23H,4-6H2,1-3H3,(H,21,24)/t16-,18?/m1/s1. The van der Waals surface area contributed by atoms with Crippen LogP contribution >= 0.6 is 0 Å². The van der Waals surface area contributed by atoms with Crippen molar-refractivity contribution in [2.75, 3.05) is 0 Å². The van der Waals surface area contributed by atoms with Crippen molar-refractivity contribution in [3.63, 3.8) is 0 Å². The predicted molar refractivity (Wildman–Crippen MR) is 92.5 cm³/mol. The zero-order valence-electron chi connectivity index (χ0n) is 14.5. The topological polar surface area (TPSA) is 67.2 Å². The van der Waals surface area contributed by atoms with Crippen LogP contribution in [0.3, 0.4) is 0 Å². The molecule has 5 heteroatoms. The molecule has 1 amide bonds. The van der Waals surface area contributed by atoms with Crippen LogP contribution in [0.15, 0.2) is 30.7 Å². The second-order valence-corrected chi connectivity index (χ2v) is 6.90. The molecular weight excluding hydrogens is 302 g/mol. The summed E-state index contributed by atoms with van der Waals surface area (Å²) >= 11 is 0. The third-order valence-corrected chi connectivity index (χ3v) is 4.85. The molecule has 1 heterocycles. The number of aliphatic hydroxyl groups excluding tert-OH is 1. The van der Waals surface area contributed by atoms with Gasteiger partial charge in [0.1, 0.15) is 0 Å². The van der Waals surface area contributed by atoms with E-state index in [4.69, 9.17) is 0 Å². The molecule has 2 atom stereocenters. The van der Waals surface area contributed by atoms with E-state index in [1.165, 1.54) is 22.9 Å². The summed E-state index contributed by atoms with van der Waals surface area (Å²) in [6.07, 6.45) is 4.90. The number of carbonyl (C=O) groups is 1. The largest absolute Gasteiger partial charge is 0.377 e. The van der Waals surface area contributed by atoms with Crippen LogP contribution in [0.2, 0.25) is 0 Å². The Balaban J connectivity index is 1.80. The van der Waals surface area contributed by atoms with Crippen molar-refractivity contribution in [2.24, 2.45) is 7.05 Å². The van der Waals surface area contributed by atoms with Gasteiger partial charge in [-0.05, 0) is 41.9 Å². The summed E-state index contributed by atoms with van der Waals surface area (Å²) in [4.78, 5) is 16.5. The van der Waals surface area contributed by atoms with Crippen LogP contribution < -0.4 is 5.32 Å². The van der Waals surface area contributed by atoms with Gasteiger partial charge in [0.2, 0.25) is 0 Å². The van der Waals surface area contributed by atoms with Crippen LogP contribution in [-0.4, -0.2) is 20.6 Å². The first-order valence-electron chi connectivity index (χ1n) is 8.54. The molecule has 0 bridgehead atoms. The average molecular weight is 327 g/mol. The number of imidazole rings is 1. The fraction of sp³-hybridized carbons (Fsp3) is 0.474. The first kappa shape index (κ1) is 16.7.